The van der Waals surface area contributed by atoms with Gasteiger partial charge in [-0.25, -0.2) is 0 Å². The van der Waals surface area contributed by atoms with Crippen LogP contribution >= 0.6 is 0 Å². The van der Waals surface area contributed by atoms with Gasteiger partial charge in [0.05, 0.1) is 23.9 Å². The summed E-state index contributed by atoms with van der Waals surface area (Å²) in [5.41, 5.74) is 1.41. The standard InChI is InChI=1S/C26H26N8O3/c1-33-19(7-9-29-33)16-37-26-31-23(14-24(32-26)34-11-10-28-18(15-34)6-8-27)25(36)30-22-13-20(35)12-17-4-2-3-5-21(17)22/h2-5,7,9,12-14,18,28,35H,6,10-11,15-16H2,1H3,(H,30,36)/t18-/m0/s1. The molecular weight excluding hydrogens is 472 g/mol. The van der Waals surface area contributed by atoms with E-state index in [9.17, 15) is 9.90 Å². The van der Waals surface area contributed by atoms with Crippen molar-refractivity contribution in [1.82, 2.24) is 25.1 Å². The van der Waals surface area contributed by atoms with E-state index in [1.165, 1.54) is 6.07 Å². The van der Waals surface area contributed by atoms with Crippen LogP contribution in [0.1, 0.15) is 22.6 Å². The van der Waals surface area contributed by atoms with Gasteiger partial charge in [-0.2, -0.15) is 20.3 Å². The van der Waals surface area contributed by atoms with Gasteiger partial charge in [-0.05, 0) is 17.5 Å². The number of phenolic OH excluding ortho intramolecular Hbond substituents is 1. The predicted octanol–water partition coefficient (Wildman–Crippen LogP) is 2.59. The number of hydrogen-bond acceptors (Lipinski definition) is 9. The molecule has 4 aromatic rings. The SMILES string of the molecule is Cn1nccc1COc1nc(C(=O)Nc2cc(O)cc3ccccc23)cc(N2CCN[C@@H](CC#N)C2)n1. The number of fused-ring (bicyclic) bond motifs is 1. The first-order chi connectivity index (χ1) is 18.0. The number of rotatable bonds is 7. The highest BCUT2D eigenvalue weighted by molar-refractivity contribution is 6.09. The van der Waals surface area contributed by atoms with Gasteiger partial charge < -0.3 is 25.4 Å². The molecule has 11 nitrogen and oxygen atoms in total. The number of aryl methyl sites for hydroxylation is 1. The van der Waals surface area contributed by atoms with E-state index < -0.39 is 5.91 Å². The fraction of sp³-hybridized carbons (Fsp3) is 0.269. The number of nitrogens with one attached hydrogen (secondary N) is 2. The molecule has 188 valence electrons. The number of benzene rings is 2. The molecule has 0 unspecified atom stereocenters. The Bertz CT molecular complexity index is 1480. The molecule has 2 aromatic carbocycles. The molecule has 0 spiro atoms. The minimum absolute atomic E-state index is 0.0107. The summed E-state index contributed by atoms with van der Waals surface area (Å²) in [6.07, 6.45) is 2.04. The van der Waals surface area contributed by atoms with Crippen molar-refractivity contribution < 1.29 is 14.6 Å². The highest BCUT2D eigenvalue weighted by Crippen LogP contribution is 2.29. The van der Waals surface area contributed by atoms with E-state index in [2.05, 4.69) is 31.8 Å². The molecule has 1 aliphatic heterocycles. The Kier molecular flexibility index (Phi) is 6.83. The average Bonchev–Trinajstić information content (AvgIpc) is 3.32. The van der Waals surface area contributed by atoms with E-state index in [4.69, 9.17) is 10.00 Å². The van der Waals surface area contributed by atoms with Gasteiger partial charge in [-0.15, -0.1) is 0 Å². The second-order valence-electron chi connectivity index (χ2n) is 8.76. The third-order valence-electron chi connectivity index (χ3n) is 6.21. The Morgan fingerprint density at radius 2 is 2.14 bits per heavy atom. The quantitative estimate of drug-likeness (QED) is 0.350. The zero-order valence-electron chi connectivity index (χ0n) is 20.3. The van der Waals surface area contributed by atoms with Gasteiger partial charge in [0.2, 0.25) is 0 Å². The Labute approximate surface area is 213 Å². The Morgan fingerprint density at radius 1 is 1.27 bits per heavy atom. The number of piperazine rings is 1. The smallest absolute Gasteiger partial charge is 0.319 e. The monoisotopic (exact) mass is 498 g/mol. The number of hydrogen-bond donors (Lipinski definition) is 3. The number of anilines is 2. The molecule has 0 saturated carbocycles. The lowest BCUT2D eigenvalue weighted by Crippen LogP contribution is -2.50. The van der Waals surface area contributed by atoms with Crippen molar-refractivity contribution in [2.75, 3.05) is 29.9 Å². The Hall–Kier alpha value is -4.69. The molecule has 1 atom stereocenters. The van der Waals surface area contributed by atoms with Crippen molar-refractivity contribution >= 4 is 28.2 Å². The van der Waals surface area contributed by atoms with Gasteiger partial charge in [-0.1, -0.05) is 24.3 Å². The summed E-state index contributed by atoms with van der Waals surface area (Å²) in [6.45, 7) is 2.07. The molecule has 3 N–H and O–H groups in total. The molecule has 0 aliphatic carbocycles. The normalized spacial score (nSPS) is 15.4. The molecule has 0 radical (unpaired) electrons. The summed E-state index contributed by atoms with van der Waals surface area (Å²) in [4.78, 5) is 24.3. The van der Waals surface area contributed by atoms with Crippen molar-refractivity contribution in [3.05, 3.63) is 66.1 Å². The van der Waals surface area contributed by atoms with Gasteiger partial charge in [-0.3, -0.25) is 9.48 Å². The van der Waals surface area contributed by atoms with E-state index in [-0.39, 0.29) is 30.1 Å². The molecule has 0 bridgehead atoms. The molecule has 1 aliphatic rings. The molecule has 37 heavy (non-hydrogen) atoms. The van der Waals surface area contributed by atoms with E-state index >= 15 is 0 Å². The number of ether oxygens (including phenoxy) is 1. The van der Waals surface area contributed by atoms with Crippen LogP contribution in [0.25, 0.3) is 10.8 Å². The van der Waals surface area contributed by atoms with Crippen molar-refractivity contribution in [1.29, 1.82) is 5.26 Å². The van der Waals surface area contributed by atoms with Gasteiger partial charge in [0.1, 0.15) is 23.9 Å². The van der Waals surface area contributed by atoms with E-state index in [1.54, 1.807) is 23.0 Å². The number of carbonyl (C=O) groups excluding carboxylic acids is 1. The van der Waals surface area contributed by atoms with Crippen LogP contribution in [0.2, 0.25) is 0 Å². The van der Waals surface area contributed by atoms with Gasteiger partial charge in [0.25, 0.3) is 5.91 Å². The van der Waals surface area contributed by atoms with Crippen molar-refractivity contribution in [2.24, 2.45) is 7.05 Å². The van der Waals surface area contributed by atoms with Crippen LogP contribution in [0, 0.1) is 11.3 Å². The lowest BCUT2D eigenvalue weighted by atomic mass is 10.1. The topological polar surface area (TPSA) is 141 Å². The van der Waals surface area contributed by atoms with Crippen LogP contribution in [0.4, 0.5) is 11.5 Å². The molecule has 1 fully saturated rings. The zero-order chi connectivity index (χ0) is 25.8. The van der Waals surface area contributed by atoms with Gasteiger partial charge in [0.15, 0.2) is 0 Å². The first kappa shape index (κ1) is 24.0. The lowest BCUT2D eigenvalue weighted by Gasteiger charge is -2.33. The minimum Gasteiger partial charge on any atom is -0.508 e. The summed E-state index contributed by atoms with van der Waals surface area (Å²) in [6, 6.07) is 16.3. The van der Waals surface area contributed by atoms with E-state index in [1.807, 2.05) is 42.3 Å². The second kappa shape index (κ2) is 10.5. The maximum absolute atomic E-state index is 13.4. The number of nitrogens with zero attached hydrogens (tertiary/aromatic N) is 6. The van der Waals surface area contributed by atoms with Gasteiger partial charge in [0, 0.05) is 56.4 Å². The highest BCUT2D eigenvalue weighted by Gasteiger charge is 2.23. The maximum atomic E-state index is 13.4. The largest absolute Gasteiger partial charge is 0.508 e. The Morgan fingerprint density at radius 3 is 2.95 bits per heavy atom. The number of aromatic hydroxyl groups is 1. The van der Waals surface area contributed by atoms with Crippen molar-refractivity contribution in [3.63, 3.8) is 0 Å². The number of carbonyl (C=O) groups is 1. The molecular formula is C26H26N8O3. The summed E-state index contributed by atoms with van der Waals surface area (Å²) in [5, 5.41) is 31.2. The zero-order valence-corrected chi connectivity index (χ0v) is 20.3. The summed E-state index contributed by atoms with van der Waals surface area (Å²) < 4.78 is 7.56. The minimum atomic E-state index is -0.464. The highest BCUT2D eigenvalue weighted by atomic mass is 16.5. The first-order valence-electron chi connectivity index (χ1n) is 11.9. The summed E-state index contributed by atoms with van der Waals surface area (Å²) in [7, 11) is 1.81. The fourth-order valence-electron chi connectivity index (χ4n) is 4.30. The molecule has 2 aromatic heterocycles. The van der Waals surface area contributed by atoms with E-state index in [0.29, 0.717) is 37.6 Å². The predicted molar refractivity (Wildman–Crippen MR) is 137 cm³/mol. The maximum Gasteiger partial charge on any atom is 0.319 e. The summed E-state index contributed by atoms with van der Waals surface area (Å²) >= 11 is 0. The van der Waals surface area contributed by atoms with Crippen LogP contribution in [-0.4, -0.2) is 56.4 Å². The molecule has 3 heterocycles. The fourth-order valence-corrected chi connectivity index (χ4v) is 4.30. The first-order valence-corrected chi connectivity index (χ1v) is 11.9. The lowest BCUT2D eigenvalue weighted by molar-refractivity contribution is 0.102. The van der Waals surface area contributed by atoms with E-state index in [0.717, 1.165) is 16.5 Å². The van der Waals surface area contributed by atoms with Crippen LogP contribution in [-0.2, 0) is 13.7 Å². The molecule has 11 heteroatoms. The van der Waals surface area contributed by atoms with Crippen LogP contribution < -0.4 is 20.3 Å². The van der Waals surface area contributed by atoms with Crippen LogP contribution in [0.5, 0.6) is 11.8 Å². The summed E-state index contributed by atoms with van der Waals surface area (Å²) in [5.74, 6) is 0.112. The number of nitriles is 1. The van der Waals surface area contributed by atoms with Gasteiger partial charge >= 0.3 is 6.01 Å². The third kappa shape index (κ3) is 5.44. The van der Waals surface area contributed by atoms with Crippen molar-refractivity contribution in [2.45, 2.75) is 19.1 Å². The molecule has 1 amide bonds. The third-order valence-corrected chi connectivity index (χ3v) is 6.21. The van der Waals surface area contributed by atoms with Crippen LogP contribution in [0.15, 0.2) is 54.7 Å². The molecule has 1 saturated heterocycles. The van der Waals surface area contributed by atoms with Crippen LogP contribution in [0.3, 0.4) is 0 Å². The number of amides is 1. The number of aromatic nitrogens is 4. The second-order valence-corrected chi connectivity index (χ2v) is 8.76. The molecule has 5 rings (SSSR count). The number of phenols is 1. The van der Waals surface area contributed by atoms with Crippen molar-refractivity contribution in [3.8, 4) is 17.8 Å². The Balaban J connectivity index is 1.46. The average molecular weight is 499 g/mol.